The van der Waals surface area contributed by atoms with Gasteiger partial charge in [-0.15, -0.1) is 0 Å². The molecule has 1 saturated carbocycles. The second-order valence-electron chi connectivity index (χ2n) is 4.71. The molecule has 0 bridgehead atoms. The molecule has 0 radical (unpaired) electrons. The molecule has 0 unspecified atom stereocenters. The molecule has 0 aliphatic heterocycles. The second kappa shape index (κ2) is 5.81. The fourth-order valence-corrected chi connectivity index (χ4v) is 1.98. The number of aromatic hydroxyl groups is 2. The summed E-state index contributed by atoms with van der Waals surface area (Å²) in [4.78, 5) is 25.3. The number of ether oxygens (including phenoxy) is 1. The average molecular weight is 279 g/mol. The van der Waals surface area contributed by atoms with E-state index in [4.69, 9.17) is 4.74 Å². The van der Waals surface area contributed by atoms with Crippen LogP contribution in [0.4, 0.5) is 0 Å². The van der Waals surface area contributed by atoms with Gasteiger partial charge in [0.15, 0.2) is 0 Å². The molecule has 108 valence electrons. The number of esters is 1. The van der Waals surface area contributed by atoms with Crippen LogP contribution in [0.25, 0.3) is 0 Å². The summed E-state index contributed by atoms with van der Waals surface area (Å²) in [5.74, 6) is -1.25. The molecular weight excluding hydrogens is 262 g/mol. The zero-order valence-corrected chi connectivity index (χ0v) is 11.2. The quantitative estimate of drug-likeness (QED) is 0.792. The molecule has 1 aromatic rings. The molecule has 2 N–H and O–H groups in total. The van der Waals surface area contributed by atoms with E-state index in [1.54, 1.807) is 6.92 Å². The van der Waals surface area contributed by atoms with E-state index in [2.05, 4.69) is 0 Å². The molecule has 0 spiro atoms. The Balaban J connectivity index is 2.16. The van der Waals surface area contributed by atoms with Gasteiger partial charge in [-0.25, -0.2) is 0 Å². The Morgan fingerprint density at radius 1 is 1.25 bits per heavy atom. The van der Waals surface area contributed by atoms with Crippen LogP contribution >= 0.6 is 0 Å². The highest BCUT2D eigenvalue weighted by atomic mass is 16.5. The topological polar surface area (TPSA) is 87.1 Å². The first-order valence-electron chi connectivity index (χ1n) is 6.51. The number of phenolic OH excluding ortho intramolecular Hbond substituents is 2. The van der Waals surface area contributed by atoms with E-state index in [1.807, 2.05) is 0 Å². The van der Waals surface area contributed by atoms with Gasteiger partial charge in [0.2, 0.25) is 0 Å². The van der Waals surface area contributed by atoms with Crippen molar-refractivity contribution in [2.75, 3.05) is 13.2 Å². The van der Waals surface area contributed by atoms with Gasteiger partial charge in [0, 0.05) is 17.7 Å². The van der Waals surface area contributed by atoms with Crippen molar-refractivity contribution in [3.8, 4) is 11.5 Å². The number of nitrogens with zero attached hydrogens (tertiary/aromatic N) is 1. The minimum absolute atomic E-state index is 0.0244. The molecule has 6 nitrogen and oxygen atoms in total. The molecule has 1 aliphatic carbocycles. The summed E-state index contributed by atoms with van der Waals surface area (Å²) in [6, 6.07) is 3.70. The number of carbonyl (C=O) groups is 2. The Morgan fingerprint density at radius 3 is 2.35 bits per heavy atom. The number of hydrogen-bond donors (Lipinski definition) is 2. The van der Waals surface area contributed by atoms with Crippen LogP contribution < -0.4 is 0 Å². The number of amides is 1. The Labute approximate surface area is 116 Å². The molecule has 1 aliphatic rings. The number of rotatable bonds is 5. The van der Waals surface area contributed by atoms with Crippen molar-refractivity contribution in [2.45, 2.75) is 25.8 Å². The molecule has 0 aromatic heterocycles. The Kier molecular flexibility index (Phi) is 4.12. The lowest BCUT2D eigenvalue weighted by molar-refractivity contribution is -0.144. The largest absolute Gasteiger partial charge is 0.508 e. The van der Waals surface area contributed by atoms with Crippen LogP contribution in [-0.4, -0.2) is 46.2 Å². The molecule has 0 atom stereocenters. The highest BCUT2D eigenvalue weighted by Crippen LogP contribution is 2.29. The molecule has 0 heterocycles. The molecule has 1 fully saturated rings. The van der Waals surface area contributed by atoms with Crippen molar-refractivity contribution >= 4 is 11.9 Å². The average Bonchev–Trinajstić information content (AvgIpc) is 3.18. The molecular formula is C14H17NO5. The maximum Gasteiger partial charge on any atom is 0.325 e. The van der Waals surface area contributed by atoms with Gasteiger partial charge in [-0.1, -0.05) is 0 Å². The Bertz CT molecular complexity index is 504. The van der Waals surface area contributed by atoms with Crippen LogP contribution in [0.5, 0.6) is 11.5 Å². The zero-order valence-electron chi connectivity index (χ0n) is 11.2. The monoisotopic (exact) mass is 279 g/mol. The summed E-state index contributed by atoms with van der Waals surface area (Å²) < 4.78 is 4.85. The number of carbonyl (C=O) groups excluding carboxylic acids is 2. The van der Waals surface area contributed by atoms with Gasteiger partial charge >= 0.3 is 5.97 Å². The number of benzene rings is 1. The van der Waals surface area contributed by atoms with Crippen molar-refractivity contribution < 1.29 is 24.5 Å². The highest BCUT2D eigenvalue weighted by molar-refractivity contribution is 5.97. The molecule has 6 heteroatoms. The van der Waals surface area contributed by atoms with Crippen LogP contribution in [0.15, 0.2) is 18.2 Å². The zero-order chi connectivity index (χ0) is 14.7. The third-order valence-electron chi connectivity index (χ3n) is 3.00. The smallest absolute Gasteiger partial charge is 0.325 e. The van der Waals surface area contributed by atoms with Crippen LogP contribution in [0.3, 0.4) is 0 Å². The highest BCUT2D eigenvalue weighted by Gasteiger charge is 2.34. The van der Waals surface area contributed by atoms with Gasteiger partial charge in [-0.3, -0.25) is 9.59 Å². The lowest BCUT2D eigenvalue weighted by Gasteiger charge is -2.21. The van der Waals surface area contributed by atoms with E-state index in [1.165, 1.54) is 17.0 Å². The van der Waals surface area contributed by atoms with Gasteiger partial charge in [0.25, 0.3) is 5.91 Å². The van der Waals surface area contributed by atoms with Gasteiger partial charge < -0.3 is 19.8 Å². The summed E-state index contributed by atoms with van der Waals surface area (Å²) in [5.41, 5.74) is 0.152. The second-order valence-corrected chi connectivity index (χ2v) is 4.71. The van der Waals surface area contributed by atoms with E-state index in [0.29, 0.717) is 0 Å². The molecule has 0 saturated heterocycles. The molecule has 1 aromatic carbocycles. The van der Waals surface area contributed by atoms with Crippen molar-refractivity contribution in [1.29, 1.82) is 0 Å². The van der Waals surface area contributed by atoms with Crippen molar-refractivity contribution in [3.05, 3.63) is 23.8 Å². The van der Waals surface area contributed by atoms with E-state index in [0.717, 1.165) is 18.9 Å². The van der Waals surface area contributed by atoms with Gasteiger partial charge in [0.1, 0.15) is 18.0 Å². The first kappa shape index (κ1) is 14.2. The fraction of sp³-hybridized carbons (Fsp3) is 0.429. The maximum atomic E-state index is 12.4. The molecule has 20 heavy (non-hydrogen) atoms. The number of hydrogen-bond acceptors (Lipinski definition) is 5. The van der Waals surface area contributed by atoms with E-state index in [-0.39, 0.29) is 36.3 Å². The van der Waals surface area contributed by atoms with Crippen LogP contribution in [0.2, 0.25) is 0 Å². The number of phenols is 2. The third kappa shape index (κ3) is 3.40. The molecule has 1 amide bonds. The van der Waals surface area contributed by atoms with Gasteiger partial charge in [-0.2, -0.15) is 0 Å². The maximum absolute atomic E-state index is 12.4. The fourth-order valence-electron chi connectivity index (χ4n) is 1.98. The predicted molar refractivity (Wildman–Crippen MR) is 70.5 cm³/mol. The summed E-state index contributed by atoms with van der Waals surface area (Å²) in [6.07, 6.45) is 1.69. The Morgan fingerprint density at radius 2 is 1.85 bits per heavy atom. The van der Waals surface area contributed by atoms with Crippen molar-refractivity contribution in [2.24, 2.45) is 0 Å². The summed E-state index contributed by atoms with van der Waals surface area (Å²) in [7, 11) is 0. The van der Waals surface area contributed by atoms with E-state index < -0.39 is 11.9 Å². The predicted octanol–water partition coefficient (Wildman–Crippen LogP) is 1.27. The lowest BCUT2D eigenvalue weighted by atomic mass is 10.1. The van der Waals surface area contributed by atoms with Crippen LogP contribution in [0.1, 0.15) is 30.1 Å². The standard InChI is InChI=1S/C14H17NO5/c1-2-20-13(18)8-15(10-3-4-10)14(19)9-5-11(16)7-12(17)6-9/h5-7,10,16-17H,2-4,8H2,1H3. The summed E-state index contributed by atoms with van der Waals surface area (Å²) >= 11 is 0. The van der Waals surface area contributed by atoms with Crippen LogP contribution in [0, 0.1) is 0 Å². The minimum atomic E-state index is -0.461. The Hall–Kier alpha value is -2.24. The normalized spacial score (nSPS) is 13.8. The van der Waals surface area contributed by atoms with Gasteiger partial charge in [-0.05, 0) is 31.9 Å². The first-order chi connectivity index (χ1) is 9.51. The summed E-state index contributed by atoms with van der Waals surface area (Å²) in [5, 5.41) is 18.8. The van der Waals surface area contributed by atoms with Crippen molar-refractivity contribution in [3.63, 3.8) is 0 Å². The van der Waals surface area contributed by atoms with Gasteiger partial charge in [0.05, 0.1) is 6.61 Å². The molecule has 2 rings (SSSR count). The van der Waals surface area contributed by atoms with Crippen LogP contribution in [-0.2, 0) is 9.53 Å². The lowest BCUT2D eigenvalue weighted by Crippen LogP contribution is -2.38. The minimum Gasteiger partial charge on any atom is -0.508 e. The SMILES string of the molecule is CCOC(=O)CN(C(=O)c1cc(O)cc(O)c1)C1CC1. The van der Waals surface area contributed by atoms with Crippen molar-refractivity contribution in [1.82, 2.24) is 4.90 Å². The van der Waals surface area contributed by atoms with E-state index >= 15 is 0 Å². The third-order valence-corrected chi connectivity index (χ3v) is 3.00. The summed E-state index contributed by atoms with van der Waals surface area (Å²) in [6.45, 7) is 1.85. The first-order valence-corrected chi connectivity index (χ1v) is 6.51. The van der Waals surface area contributed by atoms with E-state index in [9.17, 15) is 19.8 Å².